The zero-order valence-electron chi connectivity index (χ0n) is 5.00. The first-order chi connectivity index (χ1) is 4.61. The van der Waals surface area contributed by atoms with Crippen molar-refractivity contribution >= 4 is 21.6 Å². The second-order valence-electron chi connectivity index (χ2n) is 1.86. The summed E-state index contributed by atoms with van der Waals surface area (Å²) in [6.45, 7) is 0. The lowest BCUT2D eigenvalue weighted by molar-refractivity contribution is 0.405. The van der Waals surface area contributed by atoms with E-state index >= 15 is 0 Å². The molecule has 0 aliphatic carbocycles. The van der Waals surface area contributed by atoms with E-state index in [-0.39, 0.29) is 17.2 Å². The number of nitrogens with two attached hydrogens (primary N) is 1. The number of anilines is 1. The normalized spacial score (nSPS) is 9.70. The highest BCUT2D eigenvalue weighted by Gasteiger charge is 2.03. The highest BCUT2D eigenvalue weighted by atomic mass is 79.9. The van der Waals surface area contributed by atoms with Crippen LogP contribution in [0.5, 0.6) is 11.5 Å². The summed E-state index contributed by atoms with van der Waals surface area (Å²) in [6.07, 6.45) is 0. The molecule has 0 bridgehead atoms. The summed E-state index contributed by atoms with van der Waals surface area (Å²) in [4.78, 5) is 0. The predicted octanol–water partition coefficient (Wildman–Crippen LogP) is 1.44. The third-order valence-electron chi connectivity index (χ3n) is 1.08. The zero-order valence-corrected chi connectivity index (χ0v) is 6.59. The number of hydrogen-bond donors (Lipinski definition) is 3. The first kappa shape index (κ1) is 7.21. The largest absolute Gasteiger partial charge is 0.504 e. The van der Waals surface area contributed by atoms with Gasteiger partial charge >= 0.3 is 0 Å². The Morgan fingerprint density at radius 3 is 2.40 bits per heavy atom. The molecule has 0 unspecified atom stereocenters. The van der Waals surface area contributed by atoms with Crippen molar-refractivity contribution < 1.29 is 10.2 Å². The molecule has 54 valence electrons. The number of phenols is 2. The van der Waals surface area contributed by atoms with Crippen LogP contribution < -0.4 is 5.73 Å². The van der Waals surface area contributed by atoms with E-state index in [1.165, 1.54) is 12.1 Å². The minimum Gasteiger partial charge on any atom is -0.504 e. The maximum Gasteiger partial charge on any atom is 0.181 e. The Kier molecular flexibility index (Phi) is 1.72. The average molecular weight is 204 g/mol. The van der Waals surface area contributed by atoms with E-state index in [0.717, 1.165) is 0 Å². The van der Waals surface area contributed by atoms with Crippen LogP contribution in [0.4, 0.5) is 5.69 Å². The summed E-state index contributed by atoms with van der Waals surface area (Å²) >= 11 is 3.10. The molecule has 1 rings (SSSR count). The molecule has 0 radical (unpaired) electrons. The lowest BCUT2D eigenvalue weighted by atomic mass is 10.3. The monoisotopic (exact) mass is 203 g/mol. The Balaban J connectivity index is 3.31. The van der Waals surface area contributed by atoms with Gasteiger partial charge in [0.15, 0.2) is 11.5 Å². The summed E-state index contributed by atoms with van der Waals surface area (Å²) in [6, 6.07) is 2.88. The van der Waals surface area contributed by atoms with Crippen molar-refractivity contribution in [3.8, 4) is 11.5 Å². The van der Waals surface area contributed by atoms with Gasteiger partial charge in [-0.1, -0.05) is 15.9 Å². The van der Waals surface area contributed by atoms with E-state index in [9.17, 15) is 0 Å². The molecule has 1 aromatic rings. The second kappa shape index (κ2) is 2.38. The highest BCUT2D eigenvalue weighted by Crippen LogP contribution is 2.33. The maximum atomic E-state index is 8.93. The van der Waals surface area contributed by atoms with Crippen molar-refractivity contribution in [3.05, 3.63) is 16.6 Å². The van der Waals surface area contributed by atoms with Crippen LogP contribution in [0.15, 0.2) is 16.6 Å². The number of benzene rings is 1. The van der Waals surface area contributed by atoms with E-state index in [1.54, 1.807) is 0 Å². The van der Waals surface area contributed by atoms with Gasteiger partial charge in [-0.2, -0.15) is 0 Å². The van der Waals surface area contributed by atoms with Gasteiger partial charge in [-0.3, -0.25) is 0 Å². The van der Waals surface area contributed by atoms with Gasteiger partial charge < -0.3 is 15.9 Å². The minimum atomic E-state index is -0.275. The first-order valence-corrected chi connectivity index (χ1v) is 3.37. The molecule has 3 nitrogen and oxygen atoms in total. The van der Waals surface area contributed by atoms with Gasteiger partial charge in [0.2, 0.25) is 0 Å². The minimum absolute atomic E-state index is 0.159. The summed E-state index contributed by atoms with van der Waals surface area (Å²) in [5.74, 6) is -0.491. The lowest BCUT2D eigenvalue weighted by Gasteiger charge is -2.00. The third-order valence-corrected chi connectivity index (χ3v) is 1.54. The molecule has 10 heavy (non-hydrogen) atoms. The standard InChI is InChI=1S/C6H6BrNO2/c7-3-1-4(8)6(10)5(9)2-3/h1-2,9-10H,8H2. The number of phenolic OH excluding ortho intramolecular Hbond substituents is 2. The molecule has 0 atom stereocenters. The van der Waals surface area contributed by atoms with E-state index in [0.29, 0.717) is 4.47 Å². The average Bonchev–Trinajstić information content (AvgIpc) is 1.82. The van der Waals surface area contributed by atoms with E-state index in [2.05, 4.69) is 15.9 Å². The van der Waals surface area contributed by atoms with Gasteiger partial charge in [0, 0.05) is 4.47 Å². The van der Waals surface area contributed by atoms with E-state index < -0.39 is 0 Å². The zero-order chi connectivity index (χ0) is 7.72. The Hall–Kier alpha value is -0.900. The van der Waals surface area contributed by atoms with Crippen LogP contribution in [0.3, 0.4) is 0 Å². The highest BCUT2D eigenvalue weighted by molar-refractivity contribution is 9.10. The molecule has 0 amide bonds. The molecule has 0 heterocycles. The topological polar surface area (TPSA) is 66.5 Å². The van der Waals surface area contributed by atoms with Crippen LogP contribution >= 0.6 is 15.9 Å². The summed E-state index contributed by atoms with van der Waals surface area (Å²) < 4.78 is 0.639. The number of rotatable bonds is 0. The van der Waals surface area contributed by atoms with Gasteiger partial charge in [0.25, 0.3) is 0 Å². The lowest BCUT2D eigenvalue weighted by Crippen LogP contribution is -1.84. The van der Waals surface area contributed by atoms with E-state index in [1.807, 2.05) is 0 Å². The van der Waals surface area contributed by atoms with Crippen molar-refractivity contribution in [1.29, 1.82) is 0 Å². The number of nitrogen functional groups attached to an aromatic ring is 1. The Morgan fingerprint density at radius 2 is 1.90 bits per heavy atom. The Bertz CT molecular complexity index is 239. The Morgan fingerprint density at radius 1 is 1.30 bits per heavy atom. The van der Waals surface area contributed by atoms with Crippen molar-refractivity contribution in [2.45, 2.75) is 0 Å². The summed E-state index contributed by atoms with van der Waals surface area (Å²) in [7, 11) is 0. The van der Waals surface area contributed by atoms with Crippen molar-refractivity contribution in [2.24, 2.45) is 0 Å². The fourth-order valence-electron chi connectivity index (χ4n) is 0.605. The van der Waals surface area contributed by atoms with Gasteiger partial charge in [-0.05, 0) is 12.1 Å². The van der Waals surface area contributed by atoms with Gasteiger partial charge in [-0.25, -0.2) is 0 Å². The molecule has 0 aliphatic heterocycles. The van der Waals surface area contributed by atoms with Crippen LogP contribution in [-0.2, 0) is 0 Å². The van der Waals surface area contributed by atoms with Gasteiger partial charge in [0.1, 0.15) is 0 Å². The van der Waals surface area contributed by atoms with Crippen molar-refractivity contribution in [3.63, 3.8) is 0 Å². The molecule has 0 saturated carbocycles. The number of halogens is 1. The molecule has 4 heteroatoms. The van der Waals surface area contributed by atoms with Crippen LogP contribution in [-0.4, -0.2) is 10.2 Å². The van der Waals surface area contributed by atoms with E-state index in [4.69, 9.17) is 15.9 Å². The second-order valence-corrected chi connectivity index (χ2v) is 2.78. The fraction of sp³-hybridized carbons (Fsp3) is 0. The molecule has 0 spiro atoms. The van der Waals surface area contributed by atoms with Crippen molar-refractivity contribution in [2.75, 3.05) is 5.73 Å². The number of hydrogen-bond acceptors (Lipinski definition) is 3. The number of aromatic hydroxyl groups is 2. The molecular weight excluding hydrogens is 198 g/mol. The van der Waals surface area contributed by atoms with Crippen LogP contribution in [0, 0.1) is 0 Å². The Labute approximate surface area is 66.2 Å². The molecular formula is C6H6BrNO2. The maximum absolute atomic E-state index is 8.93. The van der Waals surface area contributed by atoms with Crippen LogP contribution in [0.2, 0.25) is 0 Å². The smallest absolute Gasteiger partial charge is 0.181 e. The molecule has 0 fully saturated rings. The molecule has 1 aromatic carbocycles. The van der Waals surface area contributed by atoms with Gasteiger partial charge in [0.05, 0.1) is 5.69 Å². The van der Waals surface area contributed by atoms with Crippen LogP contribution in [0.1, 0.15) is 0 Å². The SMILES string of the molecule is Nc1cc(Br)cc(O)c1O. The quantitative estimate of drug-likeness (QED) is 0.442. The van der Waals surface area contributed by atoms with Crippen LogP contribution in [0.25, 0.3) is 0 Å². The summed E-state index contributed by atoms with van der Waals surface area (Å²) in [5.41, 5.74) is 5.44. The third kappa shape index (κ3) is 1.16. The van der Waals surface area contributed by atoms with Gasteiger partial charge in [-0.15, -0.1) is 0 Å². The predicted molar refractivity (Wildman–Crippen MR) is 41.9 cm³/mol. The molecule has 0 saturated heterocycles. The molecule has 4 N–H and O–H groups in total. The first-order valence-electron chi connectivity index (χ1n) is 2.58. The molecule has 0 aliphatic rings. The van der Waals surface area contributed by atoms with Crippen molar-refractivity contribution in [1.82, 2.24) is 0 Å². The molecule has 0 aromatic heterocycles. The fourth-order valence-corrected chi connectivity index (χ4v) is 1.07. The summed E-state index contributed by atoms with van der Waals surface area (Å²) in [5, 5.41) is 17.9.